The number of hydrogen-bond acceptors (Lipinski definition) is 5. The number of nitrogens with zero attached hydrogens (tertiary/aromatic N) is 3. The largest absolute Gasteiger partial charge is 0.343 e. The number of likely N-dealkylation sites (tertiary alicyclic amines) is 1. The van der Waals surface area contributed by atoms with E-state index < -0.39 is 0 Å². The molecule has 6 heteroatoms. The molecule has 1 saturated heterocycles. The van der Waals surface area contributed by atoms with Crippen molar-refractivity contribution >= 4 is 5.91 Å². The molecule has 0 aliphatic carbocycles. The minimum atomic E-state index is -0.355. The summed E-state index contributed by atoms with van der Waals surface area (Å²) in [6.45, 7) is 1.07. The second kappa shape index (κ2) is 3.14. The summed E-state index contributed by atoms with van der Waals surface area (Å²) in [6.07, 6.45) is 1.95. The zero-order chi connectivity index (χ0) is 9.26. The van der Waals surface area contributed by atoms with Crippen LogP contribution in [0, 0.1) is 0 Å². The highest BCUT2D eigenvalue weighted by Crippen LogP contribution is 2.11. The smallest absolute Gasteiger partial charge is 0.239 e. The quantitative estimate of drug-likeness (QED) is 0.642. The third-order valence-electron chi connectivity index (χ3n) is 2.08. The van der Waals surface area contributed by atoms with Crippen molar-refractivity contribution in [2.45, 2.75) is 19.0 Å². The molecule has 0 radical (unpaired) electrons. The van der Waals surface area contributed by atoms with E-state index in [2.05, 4.69) is 14.7 Å². The molecular formula is C7H10N4O2. The lowest BCUT2D eigenvalue weighted by atomic mass is 10.3. The Labute approximate surface area is 74.7 Å². The van der Waals surface area contributed by atoms with Gasteiger partial charge in [0.15, 0.2) is 5.82 Å². The molecule has 6 nitrogen and oxygen atoms in total. The fourth-order valence-electron chi connectivity index (χ4n) is 1.35. The monoisotopic (exact) mass is 182 g/mol. The van der Waals surface area contributed by atoms with E-state index in [0.717, 1.165) is 0 Å². The van der Waals surface area contributed by atoms with Crippen molar-refractivity contribution in [3.8, 4) is 0 Å². The van der Waals surface area contributed by atoms with Crippen molar-refractivity contribution in [2.24, 2.45) is 5.73 Å². The lowest BCUT2D eigenvalue weighted by Gasteiger charge is -2.12. The van der Waals surface area contributed by atoms with Gasteiger partial charge in [-0.05, 0) is 6.42 Å². The van der Waals surface area contributed by atoms with Gasteiger partial charge in [0.2, 0.25) is 12.3 Å². The Morgan fingerprint density at radius 3 is 3.15 bits per heavy atom. The second-order valence-electron chi connectivity index (χ2n) is 3.00. The molecule has 1 aliphatic heterocycles. The summed E-state index contributed by atoms with van der Waals surface area (Å²) in [6, 6.07) is -0.355. The first-order valence-electron chi connectivity index (χ1n) is 4.07. The average molecular weight is 182 g/mol. The predicted octanol–water partition coefficient (Wildman–Crippen LogP) is -0.871. The third-order valence-corrected chi connectivity index (χ3v) is 2.08. The molecule has 1 fully saturated rings. The van der Waals surface area contributed by atoms with E-state index in [9.17, 15) is 4.79 Å². The number of nitrogens with two attached hydrogens (primary N) is 1. The fourth-order valence-corrected chi connectivity index (χ4v) is 1.35. The number of aromatic nitrogens is 2. The van der Waals surface area contributed by atoms with Gasteiger partial charge in [-0.2, -0.15) is 4.98 Å². The molecule has 1 aromatic rings. The van der Waals surface area contributed by atoms with Crippen LogP contribution in [-0.2, 0) is 11.3 Å². The molecule has 2 heterocycles. The van der Waals surface area contributed by atoms with E-state index in [-0.39, 0.29) is 11.9 Å². The zero-order valence-corrected chi connectivity index (χ0v) is 7.01. The van der Waals surface area contributed by atoms with Gasteiger partial charge >= 0.3 is 0 Å². The van der Waals surface area contributed by atoms with Crippen molar-refractivity contribution in [3.63, 3.8) is 0 Å². The van der Waals surface area contributed by atoms with E-state index in [1.54, 1.807) is 4.90 Å². The summed E-state index contributed by atoms with van der Waals surface area (Å²) in [7, 11) is 0. The molecule has 1 atom stereocenters. The molecule has 0 spiro atoms. The molecule has 1 aliphatic rings. The van der Waals surface area contributed by atoms with Crippen LogP contribution in [0.3, 0.4) is 0 Å². The van der Waals surface area contributed by atoms with Gasteiger partial charge in [-0.1, -0.05) is 5.16 Å². The molecule has 2 rings (SSSR count). The zero-order valence-electron chi connectivity index (χ0n) is 7.01. The first-order valence-corrected chi connectivity index (χ1v) is 4.07. The van der Waals surface area contributed by atoms with Gasteiger partial charge in [-0.15, -0.1) is 0 Å². The Morgan fingerprint density at radius 2 is 2.62 bits per heavy atom. The van der Waals surface area contributed by atoms with Crippen molar-refractivity contribution < 1.29 is 9.32 Å². The number of carbonyl (C=O) groups excluding carboxylic acids is 1. The van der Waals surface area contributed by atoms with Gasteiger partial charge in [0.25, 0.3) is 0 Å². The van der Waals surface area contributed by atoms with Gasteiger partial charge in [0.05, 0.1) is 12.6 Å². The Kier molecular flexibility index (Phi) is 1.97. The van der Waals surface area contributed by atoms with E-state index in [0.29, 0.717) is 25.3 Å². The first kappa shape index (κ1) is 8.18. The van der Waals surface area contributed by atoms with Gasteiger partial charge in [0, 0.05) is 6.54 Å². The maximum Gasteiger partial charge on any atom is 0.239 e. The van der Waals surface area contributed by atoms with Crippen LogP contribution in [-0.4, -0.2) is 33.5 Å². The Morgan fingerprint density at radius 1 is 1.77 bits per heavy atom. The first-order chi connectivity index (χ1) is 6.27. The highest BCUT2D eigenvalue weighted by atomic mass is 16.5. The molecule has 13 heavy (non-hydrogen) atoms. The van der Waals surface area contributed by atoms with Crippen LogP contribution < -0.4 is 5.73 Å². The van der Waals surface area contributed by atoms with Crippen molar-refractivity contribution in [1.29, 1.82) is 0 Å². The summed E-state index contributed by atoms with van der Waals surface area (Å²) >= 11 is 0. The van der Waals surface area contributed by atoms with E-state index in [1.165, 1.54) is 6.39 Å². The van der Waals surface area contributed by atoms with Crippen molar-refractivity contribution in [3.05, 3.63) is 12.2 Å². The van der Waals surface area contributed by atoms with Crippen LogP contribution in [0.5, 0.6) is 0 Å². The van der Waals surface area contributed by atoms with Gasteiger partial charge in [0.1, 0.15) is 0 Å². The topological polar surface area (TPSA) is 85.2 Å². The van der Waals surface area contributed by atoms with Crippen LogP contribution in [0.15, 0.2) is 10.9 Å². The summed E-state index contributed by atoms with van der Waals surface area (Å²) in [4.78, 5) is 16.8. The maximum absolute atomic E-state index is 11.3. The molecule has 0 saturated carbocycles. The van der Waals surface area contributed by atoms with Gasteiger partial charge in [-0.3, -0.25) is 4.79 Å². The van der Waals surface area contributed by atoms with Crippen LogP contribution in [0.1, 0.15) is 12.2 Å². The molecule has 1 aromatic heterocycles. The summed E-state index contributed by atoms with van der Waals surface area (Å²) in [5.74, 6) is 0.479. The Hall–Kier alpha value is -1.43. The lowest BCUT2D eigenvalue weighted by molar-refractivity contribution is -0.129. The van der Waals surface area contributed by atoms with Crippen LogP contribution in [0.4, 0.5) is 0 Å². The number of amides is 1. The Bertz CT molecular complexity index is 297. The minimum absolute atomic E-state index is 0.0372. The SMILES string of the molecule is NC1CCN(Cc2ncon2)C1=O. The molecule has 0 aromatic carbocycles. The average Bonchev–Trinajstić information content (AvgIpc) is 2.71. The molecule has 70 valence electrons. The summed E-state index contributed by atoms with van der Waals surface area (Å²) in [5, 5.41) is 3.62. The minimum Gasteiger partial charge on any atom is -0.343 e. The van der Waals surface area contributed by atoms with Crippen LogP contribution >= 0.6 is 0 Å². The normalized spacial score (nSPS) is 22.7. The molecule has 0 bridgehead atoms. The van der Waals surface area contributed by atoms with Gasteiger partial charge in [-0.25, -0.2) is 0 Å². The molecule has 2 N–H and O–H groups in total. The fraction of sp³-hybridized carbons (Fsp3) is 0.571. The van der Waals surface area contributed by atoms with Gasteiger partial charge < -0.3 is 15.2 Å². The Balaban J connectivity index is 2.00. The van der Waals surface area contributed by atoms with E-state index in [1.807, 2.05) is 0 Å². The highest BCUT2D eigenvalue weighted by molar-refractivity contribution is 5.83. The third kappa shape index (κ3) is 1.52. The number of hydrogen-bond donors (Lipinski definition) is 1. The van der Waals surface area contributed by atoms with Crippen molar-refractivity contribution in [1.82, 2.24) is 15.0 Å². The second-order valence-corrected chi connectivity index (χ2v) is 3.00. The number of carbonyl (C=O) groups is 1. The van der Waals surface area contributed by atoms with Crippen molar-refractivity contribution in [2.75, 3.05) is 6.54 Å². The predicted molar refractivity (Wildman–Crippen MR) is 42.3 cm³/mol. The number of rotatable bonds is 2. The summed E-state index contributed by atoms with van der Waals surface area (Å²) in [5.41, 5.74) is 5.54. The van der Waals surface area contributed by atoms with E-state index in [4.69, 9.17) is 5.73 Å². The summed E-state index contributed by atoms with van der Waals surface area (Å²) < 4.78 is 4.56. The standard InChI is InChI=1S/C7H10N4O2/c8-5-1-2-11(7(5)12)3-6-9-4-13-10-6/h4-5H,1-3,8H2. The maximum atomic E-state index is 11.3. The van der Waals surface area contributed by atoms with Crippen LogP contribution in [0.2, 0.25) is 0 Å². The molecular weight excluding hydrogens is 172 g/mol. The lowest BCUT2D eigenvalue weighted by Crippen LogP contribution is -2.33. The molecule has 1 unspecified atom stereocenters. The highest BCUT2D eigenvalue weighted by Gasteiger charge is 2.28. The van der Waals surface area contributed by atoms with Crippen LogP contribution in [0.25, 0.3) is 0 Å². The van der Waals surface area contributed by atoms with E-state index >= 15 is 0 Å². The molecule has 1 amide bonds.